The number of carbonyl (C=O) groups excluding carboxylic acids is 1. The van der Waals surface area contributed by atoms with Crippen LogP contribution in [0.4, 0.5) is 4.79 Å². The number of nitrogens with zero attached hydrogens (tertiary/aromatic N) is 1. The molecule has 3 unspecified atom stereocenters. The number of urea groups is 1. The Bertz CT molecular complexity index is 333. The van der Waals surface area contributed by atoms with E-state index < -0.39 is 12.0 Å². The maximum Gasteiger partial charge on any atom is 0.325 e. The number of likely N-dealkylation sites (tertiary alicyclic amines) is 1. The largest absolute Gasteiger partial charge is 0.480 e. The fourth-order valence-corrected chi connectivity index (χ4v) is 2.74. The Morgan fingerprint density at radius 1 is 1.35 bits per heavy atom. The molecule has 0 aromatic heterocycles. The number of hydrogen-bond acceptors (Lipinski definition) is 3. The van der Waals surface area contributed by atoms with Gasteiger partial charge >= 0.3 is 12.0 Å². The highest BCUT2D eigenvalue weighted by Crippen LogP contribution is 2.37. The molecule has 1 heterocycles. The van der Waals surface area contributed by atoms with Crippen LogP contribution in [0.5, 0.6) is 0 Å². The number of carbonyl (C=O) groups is 2. The van der Waals surface area contributed by atoms with Gasteiger partial charge in [-0.3, -0.25) is 4.79 Å². The number of hydrogen-bond donors (Lipinski definition) is 3. The summed E-state index contributed by atoms with van der Waals surface area (Å²) in [5.74, 6) is -0.505. The third-order valence-electron chi connectivity index (χ3n) is 3.82. The van der Waals surface area contributed by atoms with E-state index in [1.54, 1.807) is 4.90 Å². The summed E-state index contributed by atoms with van der Waals surface area (Å²) in [6.07, 6.45) is 1.45. The highest BCUT2D eigenvalue weighted by molar-refractivity contribution is 5.82. The number of rotatable bonds is 2. The molecule has 1 saturated carbocycles. The topological polar surface area (TPSA) is 89.9 Å². The molecule has 0 aromatic rings. The summed E-state index contributed by atoms with van der Waals surface area (Å²) >= 11 is 0. The van der Waals surface area contributed by atoms with Crippen molar-refractivity contribution in [1.29, 1.82) is 0 Å². The zero-order valence-electron chi connectivity index (χ0n) is 9.80. The molecular weight excluding hydrogens is 224 g/mol. The molecule has 1 aliphatic heterocycles. The van der Waals surface area contributed by atoms with E-state index in [4.69, 9.17) is 5.11 Å². The van der Waals surface area contributed by atoms with Crippen LogP contribution < -0.4 is 5.32 Å². The molecule has 2 fully saturated rings. The smallest absolute Gasteiger partial charge is 0.325 e. The van der Waals surface area contributed by atoms with Crippen molar-refractivity contribution in [3.63, 3.8) is 0 Å². The zero-order chi connectivity index (χ0) is 12.6. The number of carboxylic acids is 1. The summed E-state index contributed by atoms with van der Waals surface area (Å²) < 4.78 is 0. The molecule has 2 amide bonds. The van der Waals surface area contributed by atoms with Crippen LogP contribution in [0.25, 0.3) is 0 Å². The molecule has 6 heteroatoms. The third-order valence-corrected chi connectivity index (χ3v) is 3.82. The minimum atomic E-state index is -1.04. The Labute approximate surface area is 99.6 Å². The van der Waals surface area contributed by atoms with Crippen molar-refractivity contribution in [2.75, 3.05) is 13.1 Å². The van der Waals surface area contributed by atoms with Crippen molar-refractivity contribution >= 4 is 12.0 Å². The Kier molecular flexibility index (Phi) is 3.24. The second-order valence-corrected chi connectivity index (χ2v) is 4.98. The van der Waals surface area contributed by atoms with E-state index in [0.29, 0.717) is 19.0 Å². The molecule has 3 N–H and O–H groups in total. The average Bonchev–Trinajstić information content (AvgIpc) is 2.81. The van der Waals surface area contributed by atoms with E-state index in [9.17, 15) is 14.7 Å². The SMILES string of the molecule is C[C@H](NC(=O)N1CC2CCC(O)C2C1)C(=O)O. The van der Waals surface area contributed by atoms with Crippen molar-refractivity contribution in [3.8, 4) is 0 Å². The van der Waals surface area contributed by atoms with E-state index in [2.05, 4.69) is 5.32 Å². The molecule has 4 atom stereocenters. The standard InChI is InChI=1S/C11H18N2O4/c1-6(10(15)16)12-11(17)13-4-7-2-3-9(14)8(7)5-13/h6-9,14H,2-5H2,1H3,(H,12,17)(H,15,16)/t6-,7?,8?,9?/m0/s1. The zero-order valence-corrected chi connectivity index (χ0v) is 9.80. The molecule has 0 aromatic carbocycles. The number of nitrogens with one attached hydrogen (secondary N) is 1. The molecular formula is C11H18N2O4. The first kappa shape index (κ1) is 12.2. The van der Waals surface area contributed by atoms with Crippen LogP contribution in [0.1, 0.15) is 19.8 Å². The van der Waals surface area contributed by atoms with Crippen LogP contribution in [0.3, 0.4) is 0 Å². The number of aliphatic hydroxyl groups is 1. The van der Waals surface area contributed by atoms with Gasteiger partial charge in [0.2, 0.25) is 0 Å². The Morgan fingerprint density at radius 2 is 2.06 bits per heavy atom. The number of aliphatic hydroxyl groups excluding tert-OH is 1. The van der Waals surface area contributed by atoms with Crippen LogP contribution in [0.2, 0.25) is 0 Å². The van der Waals surface area contributed by atoms with Crippen LogP contribution in [0.15, 0.2) is 0 Å². The van der Waals surface area contributed by atoms with E-state index >= 15 is 0 Å². The monoisotopic (exact) mass is 242 g/mol. The predicted molar refractivity (Wildman–Crippen MR) is 59.4 cm³/mol. The molecule has 0 radical (unpaired) electrons. The summed E-state index contributed by atoms with van der Waals surface area (Å²) in [5.41, 5.74) is 0. The first-order valence-corrected chi connectivity index (χ1v) is 5.95. The summed E-state index contributed by atoms with van der Waals surface area (Å²) in [4.78, 5) is 24.0. The summed E-state index contributed by atoms with van der Waals surface area (Å²) in [6, 6.07) is -1.23. The lowest BCUT2D eigenvalue weighted by Gasteiger charge is -2.20. The molecule has 1 saturated heterocycles. The number of amides is 2. The molecule has 2 rings (SSSR count). The van der Waals surface area contributed by atoms with E-state index in [1.165, 1.54) is 6.92 Å². The van der Waals surface area contributed by atoms with Gasteiger partial charge in [0, 0.05) is 19.0 Å². The normalized spacial score (nSPS) is 33.3. The van der Waals surface area contributed by atoms with Gasteiger partial charge in [-0.2, -0.15) is 0 Å². The van der Waals surface area contributed by atoms with Gasteiger partial charge in [0.15, 0.2) is 0 Å². The van der Waals surface area contributed by atoms with Gasteiger partial charge in [-0.15, -0.1) is 0 Å². The molecule has 6 nitrogen and oxygen atoms in total. The molecule has 1 aliphatic carbocycles. The van der Waals surface area contributed by atoms with Gasteiger partial charge < -0.3 is 20.4 Å². The second kappa shape index (κ2) is 4.52. The van der Waals surface area contributed by atoms with Crippen molar-refractivity contribution in [1.82, 2.24) is 10.2 Å². The van der Waals surface area contributed by atoms with Gasteiger partial charge in [0.1, 0.15) is 6.04 Å². The molecule has 17 heavy (non-hydrogen) atoms. The van der Waals surface area contributed by atoms with E-state index in [1.807, 2.05) is 0 Å². The summed E-state index contributed by atoms with van der Waals surface area (Å²) in [6.45, 7) is 2.59. The number of aliphatic carboxylic acids is 1. The van der Waals surface area contributed by atoms with Gasteiger partial charge in [0.05, 0.1) is 6.10 Å². The van der Waals surface area contributed by atoms with E-state index in [0.717, 1.165) is 12.8 Å². The Hall–Kier alpha value is -1.30. The van der Waals surface area contributed by atoms with Crippen molar-refractivity contribution in [3.05, 3.63) is 0 Å². The first-order chi connectivity index (χ1) is 7.99. The van der Waals surface area contributed by atoms with Crippen LogP contribution >= 0.6 is 0 Å². The maximum absolute atomic E-state index is 11.8. The highest BCUT2D eigenvalue weighted by Gasteiger charge is 2.43. The lowest BCUT2D eigenvalue weighted by Crippen LogP contribution is -2.46. The van der Waals surface area contributed by atoms with E-state index in [-0.39, 0.29) is 18.1 Å². The average molecular weight is 242 g/mol. The van der Waals surface area contributed by atoms with Gasteiger partial charge in [-0.1, -0.05) is 0 Å². The van der Waals surface area contributed by atoms with Gasteiger partial charge in [0.25, 0.3) is 0 Å². The fourth-order valence-electron chi connectivity index (χ4n) is 2.74. The fraction of sp³-hybridized carbons (Fsp3) is 0.818. The first-order valence-electron chi connectivity index (χ1n) is 5.95. The van der Waals surface area contributed by atoms with Gasteiger partial charge in [-0.25, -0.2) is 4.79 Å². The predicted octanol–water partition coefficient (Wildman–Crippen LogP) is -0.128. The van der Waals surface area contributed by atoms with Crippen LogP contribution in [-0.2, 0) is 4.79 Å². The highest BCUT2D eigenvalue weighted by atomic mass is 16.4. The maximum atomic E-state index is 11.8. The lowest BCUT2D eigenvalue weighted by atomic mass is 10.00. The Balaban J connectivity index is 1.88. The summed E-state index contributed by atoms with van der Waals surface area (Å²) in [5, 5.41) is 20.9. The minimum Gasteiger partial charge on any atom is -0.480 e. The van der Waals surface area contributed by atoms with Crippen molar-refractivity contribution in [2.24, 2.45) is 11.8 Å². The third kappa shape index (κ3) is 2.36. The van der Waals surface area contributed by atoms with Crippen LogP contribution in [0, 0.1) is 11.8 Å². The van der Waals surface area contributed by atoms with Gasteiger partial charge in [-0.05, 0) is 25.7 Å². The molecule has 0 bridgehead atoms. The van der Waals surface area contributed by atoms with Crippen LogP contribution in [-0.4, -0.2) is 52.3 Å². The number of carboxylic acid groups (broad SMARTS) is 1. The van der Waals surface area contributed by atoms with Crippen molar-refractivity contribution in [2.45, 2.75) is 31.9 Å². The Morgan fingerprint density at radius 3 is 2.65 bits per heavy atom. The molecule has 2 aliphatic rings. The second-order valence-electron chi connectivity index (χ2n) is 4.98. The molecule has 0 spiro atoms. The van der Waals surface area contributed by atoms with Crippen molar-refractivity contribution < 1.29 is 19.8 Å². The molecule has 96 valence electrons. The minimum absolute atomic E-state index is 0.167. The lowest BCUT2D eigenvalue weighted by molar-refractivity contribution is -0.138. The summed E-state index contributed by atoms with van der Waals surface area (Å²) in [7, 11) is 0. The number of fused-ring (bicyclic) bond motifs is 1. The quantitative estimate of drug-likeness (QED) is 0.629.